The fourth-order valence-corrected chi connectivity index (χ4v) is 1.48. The lowest BCUT2D eigenvalue weighted by atomic mass is 10.1. The number of benzene rings is 1. The first-order valence-electron chi connectivity index (χ1n) is 5.91. The Hall–Kier alpha value is -0.980. The fourth-order valence-electron chi connectivity index (χ4n) is 1.48. The Labute approximate surface area is 94.5 Å². The van der Waals surface area contributed by atoms with Gasteiger partial charge in [-0.15, -0.1) is 0 Å². The van der Waals surface area contributed by atoms with Crippen LogP contribution in [0.3, 0.4) is 0 Å². The van der Waals surface area contributed by atoms with Gasteiger partial charge in [-0.25, -0.2) is 0 Å². The normalized spacial score (nSPS) is 9.13. The molecular weight excluding hydrogens is 184 g/mol. The van der Waals surface area contributed by atoms with E-state index < -0.39 is 0 Å². The van der Waals surface area contributed by atoms with Gasteiger partial charge in [0.25, 0.3) is 0 Å². The molecule has 0 saturated heterocycles. The van der Waals surface area contributed by atoms with Crippen molar-refractivity contribution in [3.63, 3.8) is 0 Å². The average molecular weight is 208 g/mol. The highest BCUT2D eigenvalue weighted by Crippen LogP contribution is 2.19. The molecule has 0 aliphatic carbocycles. The van der Waals surface area contributed by atoms with E-state index in [4.69, 9.17) is 4.74 Å². The minimum absolute atomic E-state index is 0.986. The van der Waals surface area contributed by atoms with E-state index in [9.17, 15) is 0 Å². The molecule has 0 aliphatic heterocycles. The van der Waals surface area contributed by atoms with Crippen molar-refractivity contribution in [2.45, 2.75) is 47.0 Å². The molecule has 1 aromatic rings. The van der Waals surface area contributed by atoms with Gasteiger partial charge >= 0.3 is 0 Å². The maximum absolute atomic E-state index is 5.20. The molecule has 0 saturated carbocycles. The highest BCUT2D eigenvalue weighted by Gasteiger charge is 1.98. The molecule has 0 N–H and O–H groups in total. The molecule has 1 heteroatoms. The van der Waals surface area contributed by atoms with Gasteiger partial charge in [0.1, 0.15) is 5.75 Å². The Kier molecular flexibility index (Phi) is 7.79. The van der Waals surface area contributed by atoms with E-state index in [1.54, 1.807) is 7.11 Å². The Morgan fingerprint density at radius 2 is 1.87 bits per heavy atom. The Morgan fingerprint density at radius 1 is 1.20 bits per heavy atom. The van der Waals surface area contributed by atoms with Gasteiger partial charge in [-0.2, -0.15) is 0 Å². The number of methoxy groups -OCH3 is 1. The summed E-state index contributed by atoms with van der Waals surface area (Å²) in [6.45, 7) is 8.31. The monoisotopic (exact) mass is 208 g/mol. The van der Waals surface area contributed by atoms with E-state index in [0.717, 1.165) is 5.75 Å². The smallest absolute Gasteiger partial charge is 0.121 e. The summed E-state index contributed by atoms with van der Waals surface area (Å²) >= 11 is 0. The van der Waals surface area contributed by atoms with Crippen molar-refractivity contribution in [1.82, 2.24) is 0 Å². The van der Waals surface area contributed by atoms with Gasteiger partial charge in [0.05, 0.1) is 7.11 Å². The van der Waals surface area contributed by atoms with Crippen molar-refractivity contribution in [2.75, 3.05) is 7.11 Å². The number of hydrogen-bond acceptors (Lipinski definition) is 1. The Morgan fingerprint density at radius 3 is 2.33 bits per heavy atom. The van der Waals surface area contributed by atoms with E-state index in [2.05, 4.69) is 32.0 Å². The molecule has 0 amide bonds. The van der Waals surface area contributed by atoms with Crippen molar-refractivity contribution >= 4 is 0 Å². The molecule has 0 heterocycles. The maximum atomic E-state index is 5.20. The maximum Gasteiger partial charge on any atom is 0.121 e. The molecule has 0 aromatic heterocycles. The summed E-state index contributed by atoms with van der Waals surface area (Å²) in [5.41, 5.74) is 2.65. The van der Waals surface area contributed by atoms with Gasteiger partial charge in [0.15, 0.2) is 0 Å². The number of ether oxygens (including phenoxy) is 1. The molecule has 0 radical (unpaired) electrons. The van der Waals surface area contributed by atoms with Crippen molar-refractivity contribution in [1.29, 1.82) is 0 Å². The second kappa shape index (κ2) is 8.34. The molecule has 86 valence electrons. The standard InChI is InChI=1S/C12H18O.C2H6/c1-4-5-6-11-7-8-12(13-3)10(2)9-11;1-2/h7-9H,4-6H2,1-3H3;1-2H3. The van der Waals surface area contributed by atoms with Gasteiger partial charge in [-0.1, -0.05) is 39.3 Å². The lowest BCUT2D eigenvalue weighted by molar-refractivity contribution is 0.411. The van der Waals surface area contributed by atoms with Crippen LogP contribution in [0.4, 0.5) is 0 Å². The molecule has 0 fully saturated rings. The largest absolute Gasteiger partial charge is 0.496 e. The number of rotatable bonds is 4. The third-order valence-electron chi connectivity index (χ3n) is 2.28. The molecule has 1 nitrogen and oxygen atoms in total. The van der Waals surface area contributed by atoms with E-state index in [0.29, 0.717) is 0 Å². The van der Waals surface area contributed by atoms with Crippen LogP contribution in [0.2, 0.25) is 0 Å². The molecule has 0 spiro atoms. The zero-order valence-corrected chi connectivity index (χ0v) is 10.8. The molecule has 15 heavy (non-hydrogen) atoms. The average Bonchev–Trinajstić information content (AvgIpc) is 2.29. The lowest BCUT2D eigenvalue weighted by Crippen LogP contribution is -1.90. The van der Waals surface area contributed by atoms with Crippen LogP contribution in [-0.4, -0.2) is 7.11 Å². The molecule has 0 atom stereocenters. The van der Waals surface area contributed by atoms with Crippen LogP contribution in [0, 0.1) is 6.92 Å². The summed E-state index contributed by atoms with van der Waals surface area (Å²) in [5, 5.41) is 0. The first kappa shape index (κ1) is 14.0. The number of aryl methyl sites for hydroxylation is 2. The molecule has 0 bridgehead atoms. The van der Waals surface area contributed by atoms with Crippen LogP contribution in [0.5, 0.6) is 5.75 Å². The van der Waals surface area contributed by atoms with Crippen molar-refractivity contribution in [3.8, 4) is 5.75 Å². The van der Waals surface area contributed by atoms with Crippen LogP contribution in [-0.2, 0) is 6.42 Å². The van der Waals surface area contributed by atoms with Crippen LogP contribution in [0.15, 0.2) is 18.2 Å². The van der Waals surface area contributed by atoms with Gasteiger partial charge in [-0.05, 0) is 37.0 Å². The zero-order chi connectivity index (χ0) is 11.7. The molecular formula is C14H24O. The third kappa shape index (κ3) is 4.87. The van der Waals surface area contributed by atoms with Gasteiger partial charge < -0.3 is 4.74 Å². The summed E-state index contributed by atoms with van der Waals surface area (Å²) < 4.78 is 5.20. The van der Waals surface area contributed by atoms with Gasteiger partial charge in [-0.3, -0.25) is 0 Å². The second-order valence-corrected chi connectivity index (χ2v) is 3.41. The molecule has 1 rings (SSSR count). The summed E-state index contributed by atoms with van der Waals surface area (Å²) in [4.78, 5) is 0. The Balaban J connectivity index is 0.000000921. The van der Waals surface area contributed by atoms with Crippen LogP contribution >= 0.6 is 0 Å². The molecule has 1 aromatic carbocycles. The quantitative estimate of drug-likeness (QED) is 0.714. The summed E-state index contributed by atoms with van der Waals surface area (Å²) in [7, 11) is 1.72. The highest BCUT2D eigenvalue weighted by molar-refractivity contribution is 5.36. The van der Waals surface area contributed by atoms with Gasteiger partial charge in [0.2, 0.25) is 0 Å². The summed E-state index contributed by atoms with van der Waals surface area (Å²) in [5.74, 6) is 0.986. The Bertz CT molecular complexity index is 266. The number of hydrogen-bond donors (Lipinski definition) is 0. The van der Waals surface area contributed by atoms with Crippen LogP contribution < -0.4 is 4.74 Å². The van der Waals surface area contributed by atoms with Crippen molar-refractivity contribution in [3.05, 3.63) is 29.3 Å². The minimum atomic E-state index is 0.986. The lowest BCUT2D eigenvalue weighted by Gasteiger charge is -2.06. The van der Waals surface area contributed by atoms with E-state index in [1.165, 1.54) is 30.4 Å². The SMILES string of the molecule is CC.CCCCc1ccc(OC)c(C)c1. The molecule has 0 unspecified atom stereocenters. The molecule has 0 aliphatic rings. The topological polar surface area (TPSA) is 9.23 Å². The first-order chi connectivity index (χ1) is 7.27. The zero-order valence-electron chi connectivity index (χ0n) is 10.8. The highest BCUT2D eigenvalue weighted by atomic mass is 16.5. The first-order valence-corrected chi connectivity index (χ1v) is 5.91. The predicted octanol–water partition coefficient (Wildman–Crippen LogP) is 4.37. The van der Waals surface area contributed by atoms with Crippen molar-refractivity contribution < 1.29 is 4.74 Å². The number of unbranched alkanes of at least 4 members (excludes halogenated alkanes) is 1. The van der Waals surface area contributed by atoms with Crippen LogP contribution in [0.25, 0.3) is 0 Å². The van der Waals surface area contributed by atoms with E-state index in [1.807, 2.05) is 13.8 Å². The second-order valence-electron chi connectivity index (χ2n) is 3.41. The summed E-state index contributed by atoms with van der Waals surface area (Å²) in [6, 6.07) is 6.43. The fraction of sp³-hybridized carbons (Fsp3) is 0.571. The summed E-state index contributed by atoms with van der Waals surface area (Å²) in [6.07, 6.45) is 3.71. The predicted molar refractivity (Wildman–Crippen MR) is 67.7 cm³/mol. The van der Waals surface area contributed by atoms with Gasteiger partial charge in [0, 0.05) is 0 Å². The van der Waals surface area contributed by atoms with E-state index >= 15 is 0 Å². The third-order valence-corrected chi connectivity index (χ3v) is 2.28. The van der Waals surface area contributed by atoms with Crippen molar-refractivity contribution in [2.24, 2.45) is 0 Å². The van der Waals surface area contributed by atoms with E-state index in [-0.39, 0.29) is 0 Å². The minimum Gasteiger partial charge on any atom is -0.496 e. The van der Waals surface area contributed by atoms with Crippen LogP contribution in [0.1, 0.15) is 44.7 Å².